The molecule has 1 saturated heterocycles. The maximum atomic E-state index is 13.6. The molecule has 5 nitrogen and oxygen atoms in total. The van der Waals surface area contributed by atoms with Crippen LogP contribution in [0.1, 0.15) is 18.9 Å². The van der Waals surface area contributed by atoms with Gasteiger partial charge in [0.1, 0.15) is 6.04 Å². The van der Waals surface area contributed by atoms with Crippen molar-refractivity contribution in [2.24, 2.45) is 5.41 Å². The first-order chi connectivity index (χ1) is 11.2. The van der Waals surface area contributed by atoms with Gasteiger partial charge >= 0.3 is 12.1 Å². The molecule has 1 aromatic rings. The number of amides is 1. The van der Waals surface area contributed by atoms with E-state index in [-0.39, 0.29) is 13.0 Å². The Balaban J connectivity index is 2.15. The lowest BCUT2D eigenvalue weighted by molar-refractivity contribution is -0.218. The van der Waals surface area contributed by atoms with Gasteiger partial charge in [-0.1, -0.05) is 30.3 Å². The number of nitrogens with one attached hydrogen (secondary N) is 1. The lowest BCUT2D eigenvalue weighted by Crippen LogP contribution is -2.55. The summed E-state index contributed by atoms with van der Waals surface area (Å²) in [6.07, 6.45) is -5.14. The Morgan fingerprint density at radius 2 is 1.96 bits per heavy atom. The van der Waals surface area contributed by atoms with E-state index in [1.807, 2.05) is 11.4 Å². The summed E-state index contributed by atoms with van der Waals surface area (Å²) in [7, 11) is 0. The molecule has 1 aliphatic rings. The molecule has 0 spiro atoms. The Morgan fingerprint density at radius 1 is 1.33 bits per heavy atom. The SMILES string of the molecule is CC(NC(=O)C1(C(F)(F)F)CCN(Cc2ccccc2)C1)C(=O)O. The number of nitrogens with zero attached hydrogens (tertiary/aromatic N) is 1. The molecule has 24 heavy (non-hydrogen) atoms. The van der Waals surface area contributed by atoms with Gasteiger partial charge in [-0.3, -0.25) is 14.5 Å². The van der Waals surface area contributed by atoms with Crippen LogP contribution in [0.15, 0.2) is 30.3 Å². The maximum Gasteiger partial charge on any atom is 0.404 e. The predicted octanol–water partition coefficient (Wildman–Crippen LogP) is 2.03. The van der Waals surface area contributed by atoms with Gasteiger partial charge in [-0.2, -0.15) is 13.2 Å². The first kappa shape index (κ1) is 18.3. The molecule has 1 aliphatic heterocycles. The van der Waals surface area contributed by atoms with E-state index in [4.69, 9.17) is 5.11 Å². The molecule has 0 aliphatic carbocycles. The number of halogens is 3. The average Bonchev–Trinajstić information content (AvgIpc) is 2.93. The molecule has 2 rings (SSSR count). The fraction of sp³-hybridized carbons (Fsp3) is 0.500. The second kappa shape index (κ2) is 6.80. The Morgan fingerprint density at radius 3 is 2.50 bits per heavy atom. The van der Waals surface area contributed by atoms with Crippen molar-refractivity contribution in [1.82, 2.24) is 10.2 Å². The number of carboxylic acid groups (broad SMARTS) is 1. The molecule has 1 amide bonds. The number of hydrogen-bond donors (Lipinski definition) is 2. The van der Waals surface area contributed by atoms with Crippen LogP contribution in [0.25, 0.3) is 0 Å². The molecule has 0 bridgehead atoms. The van der Waals surface area contributed by atoms with Gasteiger partial charge in [0, 0.05) is 13.1 Å². The number of carbonyl (C=O) groups excluding carboxylic acids is 1. The zero-order valence-corrected chi connectivity index (χ0v) is 13.1. The van der Waals surface area contributed by atoms with E-state index >= 15 is 0 Å². The zero-order chi connectivity index (χ0) is 18.0. The molecule has 1 heterocycles. The van der Waals surface area contributed by atoms with Gasteiger partial charge in [-0.05, 0) is 25.5 Å². The zero-order valence-electron chi connectivity index (χ0n) is 13.1. The molecule has 1 fully saturated rings. The van der Waals surface area contributed by atoms with E-state index in [1.165, 1.54) is 0 Å². The lowest BCUT2D eigenvalue weighted by Gasteiger charge is -2.31. The smallest absolute Gasteiger partial charge is 0.404 e. The Bertz CT molecular complexity index is 606. The summed E-state index contributed by atoms with van der Waals surface area (Å²) < 4.78 is 40.8. The number of hydrogen-bond acceptors (Lipinski definition) is 3. The molecule has 0 aromatic heterocycles. The van der Waals surface area contributed by atoms with Gasteiger partial charge in [0.15, 0.2) is 5.41 Å². The minimum Gasteiger partial charge on any atom is -0.480 e. The van der Waals surface area contributed by atoms with E-state index in [0.717, 1.165) is 12.5 Å². The Kier molecular flexibility index (Phi) is 5.17. The topological polar surface area (TPSA) is 69.6 Å². The molecule has 132 valence electrons. The number of aliphatic carboxylic acids is 1. The minimum atomic E-state index is -4.75. The van der Waals surface area contributed by atoms with Crippen LogP contribution in [-0.4, -0.2) is 47.2 Å². The quantitative estimate of drug-likeness (QED) is 0.858. The van der Waals surface area contributed by atoms with Crippen molar-refractivity contribution < 1.29 is 27.9 Å². The van der Waals surface area contributed by atoms with Crippen LogP contribution in [0.2, 0.25) is 0 Å². The van der Waals surface area contributed by atoms with Crippen molar-refractivity contribution in [2.45, 2.75) is 32.1 Å². The number of carbonyl (C=O) groups is 2. The van der Waals surface area contributed by atoms with Gasteiger partial charge in [-0.25, -0.2) is 0 Å². The second-order valence-corrected chi connectivity index (χ2v) is 6.06. The summed E-state index contributed by atoms with van der Waals surface area (Å²) in [4.78, 5) is 24.6. The fourth-order valence-corrected chi connectivity index (χ4v) is 2.81. The van der Waals surface area contributed by atoms with Crippen LogP contribution in [0.4, 0.5) is 13.2 Å². The Labute approximate surface area is 137 Å². The number of carboxylic acids is 1. The van der Waals surface area contributed by atoms with Crippen LogP contribution >= 0.6 is 0 Å². The largest absolute Gasteiger partial charge is 0.480 e. The van der Waals surface area contributed by atoms with Crippen molar-refractivity contribution in [2.75, 3.05) is 13.1 Å². The molecule has 2 unspecified atom stereocenters. The van der Waals surface area contributed by atoms with E-state index < -0.39 is 36.1 Å². The molecule has 0 radical (unpaired) electrons. The summed E-state index contributed by atoms with van der Waals surface area (Å²) in [5.74, 6) is -2.65. The average molecular weight is 344 g/mol. The number of alkyl halides is 3. The second-order valence-electron chi connectivity index (χ2n) is 6.06. The Hall–Kier alpha value is -2.09. The van der Waals surface area contributed by atoms with Gasteiger partial charge in [0.25, 0.3) is 0 Å². The third kappa shape index (κ3) is 3.69. The normalized spacial score (nSPS) is 23.0. The first-order valence-electron chi connectivity index (χ1n) is 7.52. The van der Waals surface area contributed by atoms with Crippen molar-refractivity contribution in [3.8, 4) is 0 Å². The van der Waals surface area contributed by atoms with Gasteiger partial charge < -0.3 is 10.4 Å². The summed E-state index contributed by atoms with van der Waals surface area (Å²) in [5, 5.41) is 10.8. The number of rotatable bonds is 5. The predicted molar refractivity (Wildman–Crippen MR) is 80.1 cm³/mol. The maximum absolute atomic E-state index is 13.6. The molecule has 0 saturated carbocycles. The van der Waals surface area contributed by atoms with E-state index in [2.05, 4.69) is 0 Å². The highest BCUT2D eigenvalue weighted by molar-refractivity contribution is 5.88. The highest BCUT2D eigenvalue weighted by Gasteiger charge is 2.63. The molecule has 2 atom stereocenters. The van der Waals surface area contributed by atoms with Crippen LogP contribution in [-0.2, 0) is 16.1 Å². The fourth-order valence-electron chi connectivity index (χ4n) is 2.81. The molecule has 2 N–H and O–H groups in total. The van der Waals surface area contributed by atoms with Crippen molar-refractivity contribution >= 4 is 11.9 Å². The third-order valence-corrected chi connectivity index (χ3v) is 4.29. The van der Waals surface area contributed by atoms with Crippen LogP contribution < -0.4 is 5.32 Å². The summed E-state index contributed by atoms with van der Waals surface area (Å²) in [6, 6.07) is 7.64. The highest BCUT2D eigenvalue weighted by atomic mass is 19.4. The van der Waals surface area contributed by atoms with Crippen molar-refractivity contribution in [3.63, 3.8) is 0 Å². The van der Waals surface area contributed by atoms with Gasteiger partial charge in [0.05, 0.1) is 0 Å². The van der Waals surface area contributed by atoms with E-state index in [9.17, 15) is 22.8 Å². The monoisotopic (exact) mass is 344 g/mol. The van der Waals surface area contributed by atoms with Crippen LogP contribution in [0.3, 0.4) is 0 Å². The van der Waals surface area contributed by atoms with Gasteiger partial charge in [0.2, 0.25) is 5.91 Å². The van der Waals surface area contributed by atoms with Crippen LogP contribution in [0, 0.1) is 5.41 Å². The minimum absolute atomic E-state index is 0.114. The molecule has 8 heteroatoms. The molecular formula is C16H19F3N2O3. The van der Waals surface area contributed by atoms with Crippen molar-refractivity contribution in [1.29, 1.82) is 0 Å². The summed E-state index contributed by atoms with van der Waals surface area (Å²) >= 11 is 0. The molecular weight excluding hydrogens is 325 g/mol. The number of benzene rings is 1. The van der Waals surface area contributed by atoms with Crippen LogP contribution in [0.5, 0.6) is 0 Å². The van der Waals surface area contributed by atoms with E-state index in [1.54, 1.807) is 29.2 Å². The first-order valence-corrected chi connectivity index (χ1v) is 7.52. The standard InChI is InChI=1S/C16H19F3N2O3/c1-11(13(22)23)20-14(24)15(16(17,18)19)7-8-21(10-15)9-12-5-3-2-4-6-12/h2-6,11H,7-10H2,1H3,(H,20,24)(H,22,23). The number of likely N-dealkylation sites (tertiary alicyclic amines) is 1. The lowest BCUT2D eigenvalue weighted by atomic mass is 9.85. The summed E-state index contributed by atoms with van der Waals surface area (Å²) in [6.45, 7) is 1.08. The summed E-state index contributed by atoms with van der Waals surface area (Å²) in [5.41, 5.74) is -1.72. The molecule has 1 aromatic carbocycles. The van der Waals surface area contributed by atoms with Crippen molar-refractivity contribution in [3.05, 3.63) is 35.9 Å². The van der Waals surface area contributed by atoms with Gasteiger partial charge in [-0.15, -0.1) is 0 Å². The van der Waals surface area contributed by atoms with E-state index in [0.29, 0.717) is 6.54 Å². The third-order valence-electron chi connectivity index (χ3n) is 4.29. The highest BCUT2D eigenvalue weighted by Crippen LogP contribution is 2.46.